The van der Waals surface area contributed by atoms with E-state index in [1.54, 1.807) is 38.4 Å². The van der Waals surface area contributed by atoms with Crippen molar-refractivity contribution in [3.63, 3.8) is 0 Å². The van der Waals surface area contributed by atoms with Crippen LogP contribution in [0.5, 0.6) is 5.75 Å². The van der Waals surface area contributed by atoms with E-state index in [0.717, 1.165) is 166 Å². The van der Waals surface area contributed by atoms with Crippen LogP contribution in [0.4, 0.5) is 0 Å². The van der Waals surface area contributed by atoms with Gasteiger partial charge in [0.05, 0.1) is 19.8 Å². The van der Waals surface area contributed by atoms with Crippen molar-refractivity contribution < 1.29 is 14.3 Å². The van der Waals surface area contributed by atoms with Gasteiger partial charge in [-0.3, -0.25) is 0 Å². The number of methoxy groups -OCH3 is 2. The maximum atomic E-state index is 13.2. The third-order valence-electron chi connectivity index (χ3n) is 26.0. The highest BCUT2D eigenvalue weighted by atomic mass is 16.5. The van der Waals surface area contributed by atoms with Crippen molar-refractivity contribution in [2.45, 2.75) is 70.6 Å². The molecule has 0 saturated heterocycles. The molecule has 60 heavy (non-hydrogen) atoms. The van der Waals surface area contributed by atoms with Gasteiger partial charge in [-0.1, -0.05) is 41.5 Å². The molecule has 2 aromatic rings. The Labute approximate surface area is 356 Å². The molecule has 16 aliphatic rings. The maximum absolute atomic E-state index is 13.2. The van der Waals surface area contributed by atoms with Gasteiger partial charge in [-0.25, -0.2) is 4.79 Å². The molecule has 0 aromatic heterocycles. The van der Waals surface area contributed by atoms with Gasteiger partial charge in [0.25, 0.3) is 0 Å². The van der Waals surface area contributed by atoms with Gasteiger partial charge in [0.15, 0.2) is 0 Å². The molecule has 0 heterocycles. The zero-order chi connectivity index (χ0) is 38.9. The lowest BCUT2D eigenvalue weighted by Gasteiger charge is -2.65. The van der Waals surface area contributed by atoms with E-state index in [2.05, 4.69) is 56.3 Å². The first kappa shape index (κ1) is 32.8. The summed E-state index contributed by atoms with van der Waals surface area (Å²) in [6.45, 7) is 4.84. The van der Waals surface area contributed by atoms with E-state index < -0.39 is 0 Å². The number of ether oxygens (including phenoxy) is 2. The zero-order valence-electron chi connectivity index (χ0n) is 36.0. The Bertz CT molecular complexity index is 2510. The summed E-state index contributed by atoms with van der Waals surface area (Å²) in [6, 6.07) is 13.9. The van der Waals surface area contributed by atoms with E-state index in [0.29, 0.717) is 5.92 Å². The number of benzene rings is 2. The summed E-state index contributed by atoms with van der Waals surface area (Å²) in [4.78, 5) is 13.2. The van der Waals surface area contributed by atoms with Crippen LogP contribution in [0.2, 0.25) is 0 Å². The molecule has 3 nitrogen and oxygen atoms in total. The van der Waals surface area contributed by atoms with E-state index >= 15 is 0 Å². The monoisotopic (exact) mass is 794 g/mol. The van der Waals surface area contributed by atoms with Crippen LogP contribution in [0.15, 0.2) is 59.7 Å². The predicted octanol–water partition coefficient (Wildman–Crippen LogP) is 10.4. The average Bonchev–Trinajstić information content (AvgIpc) is 4.09. The summed E-state index contributed by atoms with van der Waals surface area (Å²) >= 11 is 0. The quantitative estimate of drug-likeness (QED) is 0.223. The lowest BCUT2D eigenvalue weighted by molar-refractivity contribution is -0.163. The number of hydrogen-bond acceptors (Lipinski definition) is 3. The van der Waals surface area contributed by atoms with Crippen LogP contribution in [0, 0.1) is 173 Å². The zero-order valence-corrected chi connectivity index (χ0v) is 36.0. The smallest absolute Gasteiger partial charge is 0.337 e. The minimum atomic E-state index is -0.172. The van der Waals surface area contributed by atoms with Crippen molar-refractivity contribution in [2.75, 3.05) is 14.2 Å². The number of allylic oxidation sites excluding steroid dienone is 4. The van der Waals surface area contributed by atoms with E-state index in [9.17, 15) is 4.79 Å². The Morgan fingerprint density at radius 3 is 1.95 bits per heavy atom. The third-order valence-corrected chi connectivity index (χ3v) is 26.0. The van der Waals surface area contributed by atoms with Gasteiger partial charge in [-0.2, -0.15) is 0 Å². The SMILES string of the molecule is COC(=O)c1cccc(CC23C4=CC5(c6ccc(OC)c(C)c6C)C=C6CC7CC8CC9CC%10CC%11CC(C4)C2C2C%11C4C%10C9C9C8C8C7C6C6C7C8C9C4C2C7C3C65)c1. The number of hydrogen-bond donors (Lipinski definition) is 0. The first-order chi connectivity index (χ1) is 29.4. The van der Waals surface area contributed by atoms with Gasteiger partial charge in [-0.15, -0.1) is 0 Å². The summed E-state index contributed by atoms with van der Waals surface area (Å²) in [5, 5.41) is 0. The lowest BCUT2D eigenvalue weighted by Crippen LogP contribution is -2.62. The Balaban J connectivity index is 0.978. The van der Waals surface area contributed by atoms with Crippen LogP contribution in [-0.4, -0.2) is 20.2 Å². The Morgan fingerprint density at radius 2 is 1.22 bits per heavy atom. The second-order valence-electron chi connectivity index (χ2n) is 25.8. The van der Waals surface area contributed by atoms with Crippen LogP contribution in [0.3, 0.4) is 0 Å². The van der Waals surface area contributed by atoms with Gasteiger partial charge < -0.3 is 9.47 Å². The minimum Gasteiger partial charge on any atom is -0.496 e. The van der Waals surface area contributed by atoms with E-state index in [-0.39, 0.29) is 16.8 Å². The standard InChI is InChI=1S/C57H62O3/c1-21-22(2)34(59-3)9-8-33(21)56-19-31-16-29-14-27-12-25-11-26-13-28-15-30-17-32(20-56)57(18-23-6-5-7-24(10-23)55(58)60-4)52(30)49-39(28)43-36(26)35(25)41-38(27)42-37(29)40(31)50-48-45(42)44(41)46(43)47(49)51(48)54(57)53(50)56/h5-10,19-20,25-30,35-54H,11-18H2,1-4H3. The molecule has 18 rings (SSSR count). The van der Waals surface area contributed by atoms with E-state index in [1.807, 2.05) is 24.3 Å². The summed E-state index contributed by atoms with van der Waals surface area (Å²) in [7, 11) is 3.44. The number of carbonyl (C=O) groups is 1. The summed E-state index contributed by atoms with van der Waals surface area (Å²) in [5.74, 6) is 26.3. The summed E-state index contributed by atoms with van der Waals surface area (Å²) in [6.07, 6.45) is 18.2. The van der Waals surface area contributed by atoms with Crippen LogP contribution in [-0.2, 0) is 16.6 Å². The summed E-state index contributed by atoms with van der Waals surface area (Å²) < 4.78 is 11.5. The molecule has 16 aliphatic carbocycles. The number of rotatable bonds is 5. The van der Waals surface area contributed by atoms with Crippen molar-refractivity contribution in [3.05, 3.63) is 87.5 Å². The van der Waals surface area contributed by atoms with Gasteiger partial charge in [0.2, 0.25) is 0 Å². The summed E-state index contributed by atoms with van der Waals surface area (Å²) in [5.41, 5.74) is 10.8. The van der Waals surface area contributed by atoms with Crippen molar-refractivity contribution >= 4 is 5.97 Å². The molecule has 0 bridgehead atoms. The molecule has 308 valence electrons. The highest BCUT2D eigenvalue weighted by molar-refractivity contribution is 5.89. The highest BCUT2D eigenvalue weighted by Gasteiger charge is 2.89. The number of carbonyl (C=O) groups excluding carboxylic acids is 1. The van der Waals surface area contributed by atoms with Crippen LogP contribution >= 0.6 is 0 Å². The maximum Gasteiger partial charge on any atom is 0.337 e. The predicted molar refractivity (Wildman–Crippen MR) is 227 cm³/mol. The molecule has 0 aliphatic heterocycles. The van der Waals surface area contributed by atoms with E-state index in [1.165, 1.54) is 36.0 Å². The van der Waals surface area contributed by atoms with Gasteiger partial charge in [0.1, 0.15) is 5.75 Å². The van der Waals surface area contributed by atoms with Crippen LogP contribution in [0.1, 0.15) is 77.6 Å². The molecule has 28 unspecified atom stereocenters. The molecular weight excluding hydrogens is 733 g/mol. The fraction of sp³-hybridized carbons (Fsp3) is 0.702. The largest absolute Gasteiger partial charge is 0.496 e. The van der Waals surface area contributed by atoms with Crippen LogP contribution < -0.4 is 4.74 Å². The molecule has 0 amide bonds. The molecule has 0 N–H and O–H groups in total. The first-order valence-electron chi connectivity index (χ1n) is 25.6. The lowest BCUT2D eigenvalue weighted by atomic mass is 9.38. The van der Waals surface area contributed by atoms with Crippen LogP contribution in [0.25, 0.3) is 0 Å². The third kappa shape index (κ3) is 2.98. The molecule has 2 aromatic carbocycles. The fourth-order valence-corrected chi connectivity index (χ4v) is 26.8. The van der Waals surface area contributed by atoms with E-state index in [4.69, 9.17) is 9.47 Å². The van der Waals surface area contributed by atoms with Crippen molar-refractivity contribution in [3.8, 4) is 5.75 Å². The van der Waals surface area contributed by atoms with Gasteiger partial charge >= 0.3 is 5.97 Å². The average molecular weight is 795 g/mol. The normalized spacial score (nSPS) is 61.3. The molecule has 28 atom stereocenters. The molecule has 3 heteroatoms. The van der Waals surface area contributed by atoms with Gasteiger partial charge in [0, 0.05) is 10.8 Å². The molecule has 0 spiro atoms. The minimum absolute atomic E-state index is 0.0212. The Kier molecular flexibility index (Phi) is 5.36. The number of esters is 1. The van der Waals surface area contributed by atoms with Gasteiger partial charge in [-0.05, 0) is 260 Å². The van der Waals surface area contributed by atoms with Crippen molar-refractivity contribution in [1.29, 1.82) is 0 Å². The second kappa shape index (κ2) is 9.79. The topological polar surface area (TPSA) is 35.5 Å². The fourth-order valence-electron chi connectivity index (χ4n) is 26.8. The Hall–Kier alpha value is -2.81. The van der Waals surface area contributed by atoms with Crippen molar-refractivity contribution in [2.24, 2.45) is 159 Å². The van der Waals surface area contributed by atoms with Crippen molar-refractivity contribution in [1.82, 2.24) is 0 Å². The Morgan fingerprint density at radius 1 is 0.600 bits per heavy atom. The molecular formula is C57H62O3. The highest BCUT2D eigenvalue weighted by Crippen LogP contribution is 2.94. The molecule has 14 fully saturated rings. The first-order valence-corrected chi connectivity index (χ1v) is 25.6. The molecule has 0 radical (unpaired) electrons. The second-order valence-corrected chi connectivity index (χ2v) is 25.8. The molecule has 14 saturated carbocycles.